The van der Waals surface area contributed by atoms with Crippen LogP contribution in [-0.2, 0) is 23.1 Å². The normalized spacial score (nSPS) is 16.8. The number of nitrogens with zero attached hydrogens (tertiary/aromatic N) is 4. The maximum absolute atomic E-state index is 14.9. The molecule has 2 fully saturated rings. The number of ether oxygens (including phenoxy) is 2. The Morgan fingerprint density at radius 2 is 1.85 bits per heavy atom. The van der Waals surface area contributed by atoms with E-state index in [1.807, 2.05) is 17.2 Å². The van der Waals surface area contributed by atoms with E-state index in [1.54, 1.807) is 35.9 Å². The number of amides is 1. The van der Waals surface area contributed by atoms with Gasteiger partial charge in [0.15, 0.2) is 11.8 Å². The minimum absolute atomic E-state index is 0.0227. The van der Waals surface area contributed by atoms with Crippen molar-refractivity contribution >= 4 is 23.4 Å². The van der Waals surface area contributed by atoms with Gasteiger partial charge in [-0.05, 0) is 25.0 Å². The van der Waals surface area contributed by atoms with E-state index in [0.717, 1.165) is 31.6 Å². The number of carbonyl (C=O) groups is 1. The molecule has 0 spiro atoms. The second-order valence-corrected chi connectivity index (χ2v) is 8.53. The van der Waals surface area contributed by atoms with Crippen molar-refractivity contribution in [2.45, 2.75) is 31.7 Å². The van der Waals surface area contributed by atoms with Gasteiger partial charge in [0.2, 0.25) is 5.56 Å². The highest BCUT2D eigenvalue weighted by Crippen LogP contribution is 2.30. The number of halogens is 1. The molecular weight excluding hydrogens is 443 g/mol. The lowest BCUT2D eigenvalue weighted by molar-refractivity contribution is -0.0360. The standard InChI is InChI=1S/C23H29FN6O4/c1-28-11-16(5-6-20(28)31)29-9-7-17(8-10-29)34-18-12-30(13-18)19-4-2-3-15(21(19)24)14-33-23(32)27-22(25)26/h2-6,11,17-18H,7-10,12-14H2,1H3,(H4,25,26,27,32). The van der Waals surface area contributed by atoms with Gasteiger partial charge in [-0.25, -0.2) is 9.18 Å². The van der Waals surface area contributed by atoms with E-state index in [0.29, 0.717) is 18.8 Å². The average molecular weight is 473 g/mol. The molecule has 0 saturated carbocycles. The van der Waals surface area contributed by atoms with Crippen LogP contribution in [0.15, 0.2) is 46.3 Å². The van der Waals surface area contributed by atoms with Gasteiger partial charge in [0.05, 0.1) is 23.6 Å². The Balaban J connectivity index is 1.25. The number of guanidine groups is 1. The molecule has 3 heterocycles. The van der Waals surface area contributed by atoms with Crippen LogP contribution in [0, 0.1) is 5.82 Å². The molecule has 34 heavy (non-hydrogen) atoms. The lowest BCUT2D eigenvalue weighted by Crippen LogP contribution is -2.54. The Hall–Kier alpha value is -3.60. The number of hydrogen-bond acceptors (Lipinski definition) is 6. The summed E-state index contributed by atoms with van der Waals surface area (Å²) in [5.74, 6) is -0.854. The summed E-state index contributed by atoms with van der Waals surface area (Å²) in [5.41, 5.74) is 12.0. The molecule has 2 aliphatic heterocycles. The molecule has 0 aliphatic carbocycles. The highest BCUT2D eigenvalue weighted by Gasteiger charge is 2.33. The monoisotopic (exact) mass is 472 g/mol. The number of aliphatic imine (C=N–C) groups is 1. The molecule has 2 aliphatic rings. The molecule has 1 amide bonds. The maximum atomic E-state index is 14.9. The molecule has 4 rings (SSSR count). The number of benzene rings is 1. The molecule has 1 aromatic heterocycles. The van der Waals surface area contributed by atoms with Crippen LogP contribution in [0.4, 0.5) is 20.6 Å². The average Bonchev–Trinajstić information content (AvgIpc) is 2.77. The molecule has 11 heteroatoms. The molecule has 0 atom stereocenters. The molecule has 2 aromatic rings. The summed E-state index contributed by atoms with van der Waals surface area (Å²) in [5, 5.41) is 0. The van der Waals surface area contributed by atoms with E-state index in [4.69, 9.17) is 20.9 Å². The molecule has 2 saturated heterocycles. The fraction of sp³-hybridized carbons (Fsp3) is 0.435. The van der Waals surface area contributed by atoms with Gasteiger partial charge in [0, 0.05) is 51.1 Å². The molecule has 10 nitrogen and oxygen atoms in total. The van der Waals surface area contributed by atoms with Crippen molar-refractivity contribution in [2.24, 2.45) is 23.5 Å². The lowest BCUT2D eigenvalue weighted by Gasteiger charge is -2.44. The summed E-state index contributed by atoms with van der Waals surface area (Å²) >= 11 is 0. The van der Waals surface area contributed by atoms with Crippen LogP contribution in [0.2, 0.25) is 0 Å². The van der Waals surface area contributed by atoms with Gasteiger partial charge in [0.25, 0.3) is 0 Å². The molecular formula is C23H29FN6O4. The van der Waals surface area contributed by atoms with Crippen molar-refractivity contribution in [3.8, 4) is 0 Å². The van der Waals surface area contributed by atoms with E-state index in [-0.39, 0.29) is 29.9 Å². The van der Waals surface area contributed by atoms with Crippen molar-refractivity contribution in [2.75, 3.05) is 36.0 Å². The first kappa shape index (κ1) is 23.6. The molecule has 4 N–H and O–H groups in total. The fourth-order valence-electron chi connectivity index (χ4n) is 4.21. The smallest absolute Gasteiger partial charge is 0.437 e. The summed E-state index contributed by atoms with van der Waals surface area (Å²) in [6.45, 7) is 2.63. The van der Waals surface area contributed by atoms with E-state index in [9.17, 15) is 14.0 Å². The van der Waals surface area contributed by atoms with E-state index < -0.39 is 17.9 Å². The van der Waals surface area contributed by atoms with Crippen LogP contribution in [0.25, 0.3) is 0 Å². The SMILES string of the molecule is Cn1cc(N2CCC(OC3CN(c4cccc(COC(=O)N=C(N)N)c4F)C3)CC2)ccc1=O. The van der Waals surface area contributed by atoms with Gasteiger partial charge in [-0.2, -0.15) is 0 Å². The predicted molar refractivity (Wildman–Crippen MR) is 126 cm³/mol. The summed E-state index contributed by atoms with van der Waals surface area (Å²) in [6, 6.07) is 8.40. The maximum Gasteiger partial charge on any atom is 0.437 e. The fourth-order valence-corrected chi connectivity index (χ4v) is 4.21. The molecule has 0 unspecified atom stereocenters. The largest absolute Gasteiger partial charge is 0.443 e. The third-order valence-corrected chi connectivity index (χ3v) is 6.08. The molecule has 182 valence electrons. The highest BCUT2D eigenvalue weighted by atomic mass is 19.1. The number of anilines is 2. The summed E-state index contributed by atoms with van der Waals surface area (Å²) in [7, 11) is 1.75. The lowest BCUT2D eigenvalue weighted by atomic mass is 10.0. The third-order valence-electron chi connectivity index (χ3n) is 6.08. The number of piperidine rings is 1. The first-order chi connectivity index (χ1) is 16.3. The number of hydrogen-bond donors (Lipinski definition) is 2. The minimum atomic E-state index is -0.968. The van der Waals surface area contributed by atoms with Crippen molar-refractivity contribution in [3.63, 3.8) is 0 Å². The first-order valence-electron chi connectivity index (χ1n) is 11.2. The van der Waals surface area contributed by atoms with Gasteiger partial charge in [-0.1, -0.05) is 12.1 Å². The van der Waals surface area contributed by atoms with Crippen LogP contribution < -0.4 is 26.8 Å². The number of pyridine rings is 1. The molecule has 0 bridgehead atoms. The predicted octanol–water partition coefficient (Wildman–Crippen LogP) is 1.31. The molecule has 1 aromatic carbocycles. The van der Waals surface area contributed by atoms with Gasteiger partial charge in [-0.3, -0.25) is 4.79 Å². The molecule has 0 radical (unpaired) electrons. The van der Waals surface area contributed by atoms with Crippen molar-refractivity contribution in [3.05, 3.63) is 58.3 Å². The zero-order valence-corrected chi connectivity index (χ0v) is 19.0. The van der Waals surface area contributed by atoms with Crippen LogP contribution in [0.5, 0.6) is 0 Å². The van der Waals surface area contributed by atoms with Crippen LogP contribution in [0.3, 0.4) is 0 Å². The van der Waals surface area contributed by atoms with Gasteiger partial charge in [-0.15, -0.1) is 4.99 Å². The zero-order chi connectivity index (χ0) is 24.2. The van der Waals surface area contributed by atoms with Crippen LogP contribution >= 0.6 is 0 Å². The Labute approximate surface area is 196 Å². The number of nitrogens with two attached hydrogens (primary N) is 2. The van der Waals surface area contributed by atoms with E-state index >= 15 is 0 Å². The Morgan fingerprint density at radius 3 is 2.53 bits per heavy atom. The highest BCUT2D eigenvalue weighted by molar-refractivity contribution is 5.87. The van der Waals surface area contributed by atoms with E-state index in [2.05, 4.69) is 9.89 Å². The van der Waals surface area contributed by atoms with Crippen LogP contribution in [0.1, 0.15) is 18.4 Å². The second kappa shape index (κ2) is 10.1. The number of rotatable bonds is 6. The zero-order valence-electron chi connectivity index (χ0n) is 19.0. The number of aromatic nitrogens is 1. The van der Waals surface area contributed by atoms with Gasteiger partial charge < -0.3 is 35.3 Å². The van der Waals surface area contributed by atoms with Gasteiger partial charge in [0.1, 0.15) is 6.61 Å². The van der Waals surface area contributed by atoms with Crippen molar-refractivity contribution < 1.29 is 18.7 Å². The van der Waals surface area contributed by atoms with E-state index in [1.165, 1.54) is 0 Å². The third kappa shape index (κ3) is 5.48. The minimum Gasteiger partial charge on any atom is -0.443 e. The Morgan fingerprint density at radius 1 is 1.12 bits per heavy atom. The first-order valence-corrected chi connectivity index (χ1v) is 11.2. The number of aryl methyl sites for hydroxylation is 1. The number of carbonyl (C=O) groups excluding carboxylic acids is 1. The Bertz CT molecular complexity index is 1120. The summed E-state index contributed by atoms with van der Waals surface area (Å²) < 4.78 is 27.6. The topological polar surface area (TPSA) is 128 Å². The Kier molecular flexibility index (Phi) is 7.01. The summed E-state index contributed by atoms with van der Waals surface area (Å²) in [6.07, 6.45) is 2.87. The van der Waals surface area contributed by atoms with Gasteiger partial charge >= 0.3 is 6.09 Å². The van der Waals surface area contributed by atoms with Crippen LogP contribution in [-0.4, -0.2) is 55.0 Å². The quantitative estimate of drug-likeness (QED) is 0.476. The second-order valence-electron chi connectivity index (χ2n) is 8.53. The van der Waals surface area contributed by atoms with Crippen molar-refractivity contribution in [1.82, 2.24) is 4.57 Å². The van der Waals surface area contributed by atoms with Crippen molar-refractivity contribution in [1.29, 1.82) is 0 Å². The summed E-state index contributed by atoms with van der Waals surface area (Å²) in [4.78, 5) is 30.5.